The molecule has 0 unspecified atom stereocenters. The molecule has 3 rings (SSSR count). The summed E-state index contributed by atoms with van der Waals surface area (Å²) in [7, 11) is 0. The maximum absolute atomic E-state index is 13.3. The molecule has 0 radical (unpaired) electrons. The molecule has 54 heavy (non-hydrogen) atoms. The molecule has 0 aromatic carbocycles. The zero-order valence-electron chi connectivity index (χ0n) is 30.1. The number of ketones is 2. The number of pyridine rings is 1. The summed E-state index contributed by atoms with van der Waals surface area (Å²) < 4.78 is 0. The molecule has 0 bridgehead atoms. The van der Waals surface area contributed by atoms with Gasteiger partial charge in [0, 0.05) is 31.8 Å². The number of likely N-dealkylation sites (tertiary alicyclic amines) is 1. The van der Waals surface area contributed by atoms with Gasteiger partial charge in [-0.2, -0.15) is 0 Å². The molecule has 1 aliphatic carbocycles. The highest BCUT2D eigenvalue weighted by molar-refractivity contribution is 6.36. The van der Waals surface area contributed by atoms with Crippen LogP contribution in [0.5, 0.6) is 0 Å². The average Bonchev–Trinajstić information content (AvgIpc) is 3.56. The van der Waals surface area contributed by atoms with E-state index in [0.29, 0.717) is 6.42 Å². The van der Waals surface area contributed by atoms with E-state index in [-0.39, 0.29) is 24.4 Å². The molecule has 8 N–H and O–H groups in total. The van der Waals surface area contributed by atoms with Crippen LogP contribution in [0.15, 0.2) is 18.5 Å². The first-order valence-electron chi connectivity index (χ1n) is 18.0. The lowest BCUT2D eigenvalue weighted by Gasteiger charge is -2.29. The van der Waals surface area contributed by atoms with Crippen molar-refractivity contribution >= 4 is 58.9 Å². The van der Waals surface area contributed by atoms with Gasteiger partial charge in [-0.15, -0.1) is 0 Å². The predicted molar refractivity (Wildman–Crippen MR) is 188 cm³/mol. The van der Waals surface area contributed by atoms with E-state index in [9.17, 15) is 53.1 Å². The van der Waals surface area contributed by atoms with Crippen molar-refractivity contribution in [2.24, 2.45) is 11.7 Å². The third kappa shape index (κ3) is 12.7. The van der Waals surface area contributed by atoms with E-state index in [0.717, 1.165) is 68.3 Å². The number of nitrogens with two attached hydrogens (primary N) is 1. The first-order chi connectivity index (χ1) is 25.7. The van der Waals surface area contributed by atoms with Crippen LogP contribution >= 0.6 is 0 Å². The maximum atomic E-state index is 13.3. The molecule has 294 valence electrons. The quantitative estimate of drug-likeness (QED) is 0.0590. The lowest BCUT2D eigenvalue weighted by molar-refractivity contribution is -0.139. The highest BCUT2D eigenvalue weighted by Gasteiger charge is 2.39. The Bertz CT molecular complexity index is 1610. The summed E-state index contributed by atoms with van der Waals surface area (Å²) in [4.78, 5) is 131. The number of Topliss-reactive ketones (excluding diaryl/α,β-unsaturated/α-hetero) is 2. The Morgan fingerprint density at radius 2 is 1.67 bits per heavy atom. The average molecular weight is 757 g/mol. The Balaban J connectivity index is 1.63. The summed E-state index contributed by atoms with van der Waals surface area (Å²) in [6.07, 6.45) is 7.46. The Hall–Kier alpha value is -5.75. The number of carboxylic acid groups (broad SMARTS) is 1. The van der Waals surface area contributed by atoms with E-state index >= 15 is 0 Å². The van der Waals surface area contributed by atoms with Crippen LogP contribution in [0.2, 0.25) is 0 Å². The van der Waals surface area contributed by atoms with Gasteiger partial charge in [0.25, 0.3) is 11.8 Å². The van der Waals surface area contributed by atoms with Crippen LogP contribution in [0.1, 0.15) is 98.3 Å². The molecular weight excluding hydrogens is 708 g/mol. The van der Waals surface area contributed by atoms with Crippen molar-refractivity contribution in [1.29, 1.82) is 0 Å². The zero-order valence-corrected chi connectivity index (χ0v) is 30.1. The smallest absolute Gasteiger partial charge is 0.338 e. The van der Waals surface area contributed by atoms with E-state index in [4.69, 9.17) is 5.73 Å². The fourth-order valence-electron chi connectivity index (χ4n) is 6.30. The molecule has 7 amide bonds. The number of aromatic carboxylic acids is 1. The molecule has 2 fully saturated rings. The third-order valence-electron chi connectivity index (χ3n) is 9.25. The van der Waals surface area contributed by atoms with Crippen molar-refractivity contribution in [1.82, 2.24) is 36.5 Å². The summed E-state index contributed by atoms with van der Waals surface area (Å²) >= 11 is 0. The lowest BCUT2D eigenvalue weighted by Crippen LogP contribution is -2.54. The van der Waals surface area contributed by atoms with Crippen molar-refractivity contribution in [2.75, 3.05) is 26.2 Å². The third-order valence-corrected chi connectivity index (χ3v) is 9.25. The van der Waals surface area contributed by atoms with Crippen LogP contribution in [0.3, 0.4) is 0 Å². The summed E-state index contributed by atoms with van der Waals surface area (Å²) in [5, 5.41) is 21.5. The van der Waals surface area contributed by atoms with E-state index < -0.39 is 115 Å². The molecule has 1 aromatic heterocycles. The molecule has 1 aromatic rings. The number of carboxylic acids is 1. The van der Waals surface area contributed by atoms with Crippen molar-refractivity contribution in [3.8, 4) is 0 Å². The van der Waals surface area contributed by atoms with Crippen LogP contribution < -0.4 is 32.3 Å². The molecule has 2 aliphatic rings. The first kappa shape index (κ1) is 42.7. The van der Waals surface area contributed by atoms with E-state index in [2.05, 4.69) is 31.6 Å². The Kier molecular flexibility index (Phi) is 16.7. The van der Waals surface area contributed by atoms with Crippen LogP contribution in [-0.4, -0.2) is 118 Å². The maximum Gasteiger partial charge on any atom is 0.338 e. The number of rotatable bonds is 20. The summed E-state index contributed by atoms with van der Waals surface area (Å²) in [6.45, 7) is 0.452. The van der Waals surface area contributed by atoms with Crippen molar-refractivity contribution in [3.63, 3.8) is 0 Å². The van der Waals surface area contributed by atoms with Crippen molar-refractivity contribution in [2.45, 2.75) is 95.7 Å². The number of aromatic nitrogens is 1. The number of hydrogen-bond donors (Lipinski definition) is 7. The minimum Gasteiger partial charge on any atom is -0.478 e. The Labute approximate surface area is 311 Å². The highest BCUT2D eigenvalue weighted by atomic mass is 16.4. The van der Waals surface area contributed by atoms with Gasteiger partial charge in [-0.3, -0.25) is 48.1 Å². The topological polar surface area (TPSA) is 293 Å². The second-order valence-electron chi connectivity index (χ2n) is 13.2. The van der Waals surface area contributed by atoms with E-state index in [1.165, 1.54) is 0 Å². The molecule has 3 atom stereocenters. The second kappa shape index (κ2) is 21.1. The standard InChI is InChI=1S/C35H48N8O11/c1-2-3-7-13-38-34(52)26(45)11-10-24(41-31(49)22-12-14-37-16-23(22)35(53)54)32(50)40-18-28(47)43-19-21(44)15-25(43)33(51)39-17-27(46)42-29(30(36)48)20-8-5-4-6-9-20/h12,14,16,20,24-25,29H,2-11,13,15,17-19H2,1H3,(H2,36,48)(H,38,52)(H,39,51)(H,40,50)(H,41,49)(H,42,46)(H,53,54)/t24-,25-,29-/m0/s1. The summed E-state index contributed by atoms with van der Waals surface area (Å²) in [5.74, 6) is -8.88. The summed E-state index contributed by atoms with van der Waals surface area (Å²) in [6, 6.07) is -2.65. The number of amides is 7. The zero-order chi connectivity index (χ0) is 39.8. The minimum atomic E-state index is -1.53. The van der Waals surface area contributed by atoms with Crippen LogP contribution in [-0.2, 0) is 38.4 Å². The SMILES string of the molecule is CCCCCNC(=O)C(=O)CC[C@H](NC(=O)c1ccncc1C(=O)O)C(=O)NCC(=O)N1CC(=O)C[C@H]1C(=O)NCC(=O)N[C@H](C(N)=O)C1CCCCC1. The Morgan fingerprint density at radius 3 is 2.33 bits per heavy atom. The Morgan fingerprint density at radius 1 is 0.944 bits per heavy atom. The van der Waals surface area contributed by atoms with Gasteiger partial charge in [-0.25, -0.2) is 4.79 Å². The number of unbranched alkanes of at least 4 members (excludes halogenated alkanes) is 2. The van der Waals surface area contributed by atoms with E-state index in [1.807, 2.05) is 6.92 Å². The van der Waals surface area contributed by atoms with Gasteiger partial charge in [0.15, 0.2) is 5.78 Å². The summed E-state index contributed by atoms with van der Waals surface area (Å²) in [5.41, 5.74) is 4.70. The first-order valence-corrected chi connectivity index (χ1v) is 18.0. The highest BCUT2D eigenvalue weighted by Crippen LogP contribution is 2.26. The van der Waals surface area contributed by atoms with Crippen LogP contribution in [0.4, 0.5) is 0 Å². The number of hydrogen-bond acceptors (Lipinski definition) is 11. The van der Waals surface area contributed by atoms with Crippen molar-refractivity contribution < 1.29 is 53.1 Å². The van der Waals surface area contributed by atoms with Gasteiger partial charge < -0.3 is 42.3 Å². The van der Waals surface area contributed by atoms with Gasteiger partial charge in [0.05, 0.1) is 30.8 Å². The lowest BCUT2D eigenvalue weighted by atomic mass is 9.83. The second-order valence-corrected chi connectivity index (χ2v) is 13.2. The molecule has 1 saturated carbocycles. The number of carbonyl (C=O) groups is 10. The molecule has 1 aliphatic heterocycles. The molecule has 0 spiro atoms. The predicted octanol–water partition coefficient (Wildman–Crippen LogP) is -1.51. The molecule has 1 saturated heterocycles. The normalized spacial score (nSPS) is 16.7. The van der Waals surface area contributed by atoms with Gasteiger partial charge in [0.1, 0.15) is 18.1 Å². The van der Waals surface area contributed by atoms with Crippen molar-refractivity contribution in [3.05, 3.63) is 29.6 Å². The number of nitrogens with one attached hydrogen (secondary N) is 5. The van der Waals surface area contributed by atoms with E-state index in [1.54, 1.807) is 0 Å². The number of carbonyl (C=O) groups excluding carboxylic acids is 9. The molecule has 19 heteroatoms. The van der Waals surface area contributed by atoms with Gasteiger partial charge in [-0.05, 0) is 37.7 Å². The fourth-order valence-corrected chi connectivity index (χ4v) is 6.30. The number of primary amides is 1. The largest absolute Gasteiger partial charge is 0.478 e. The molecular formula is C35H48N8O11. The molecule has 19 nitrogen and oxygen atoms in total. The molecule has 2 heterocycles. The monoisotopic (exact) mass is 756 g/mol. The van der Waals surface area contributed by atoms with Gasteiger partial charge in [-0.1, -0.05) is 39.0 Å². The van der Waals surface area contributed by atoms with Gasteiger partial charge >= 0.3 is 5.97 Å². The van der Waals surface area contributed by atoms with Gasteiger partial charge in [0.2, 0.25) is 35.3 Å². The van der Waals surface area contributed by atoms with Crippen LogP contribution in [0, 0.1) is 5.92 Å². The number of nitrogens with zero attached hydrogens (tertiary/aromatic N) is 2. The minimum absolute atomic E-state index is 0.127. The van der Waals surface area contributed by atoms with Crippen LogP contribution in [0.25, 0.3) is 0 Å². The fraction of sp³-hybridized carbons (Fsp3) is 0.571.